The predicted octanol–water partition coefficient (Wildman–Crippen LogP) is 5.31. The van der Waals surface area contributed by atoms with Crippen LogP contribution in [0.4, 0.5) is 5.82 Å². The topological polar surface area (TPSA) is 42.0 Å². The highest BCUT2D eigenvalue weighted by Crippen LogP contribution is 2.30. The van der Waals surface area contributed by atoms with Gasteiger partial charge in [0, 0.05) is 18.0 Å². The molecule has 1 heterocycles. The summed E-state index contributed by atoms with van der Waals surface area (Å²) in [6.07, 6.45) is 2.25. The van der Waals surface area contributed by atoms with E-state index in [0.29, 0.717) is 6.42 Å². The van der Waals surface area contributed by atoms with Crippen molar-refractivity contribution in [1.29, 1.82) is 0 Å². The first-order valence-electron chi connectivity index (χ1n) is 7.74. The van der Waals surface area contributed by atoms with E-state index in [1.165, 1.54) is 0 Å². The molecular formula is C19H23BrN2O. The molecule has 1 N–H and O–H groups in total. The van der Waals surface area contributed by atoms with Gasteiger partial charge in [0.05, 0.1) is 10.5 Å². The fraction of sp³-hybridized carbons (Fsp3) is 0.368. The summed E-state index contributed by atoms with van der Waals surface area (Å²) in [6, 6.07) is 11.9. The number of ketones is 1. The fourth-order valence-electron chi connectivity index (χ4n) is 2.23. The number of carbonyl (C=O) groups excluding carboxylic acids is 1. The van der Waals surface area contributed by atoms with Gasteiger partial charge in [-0.05, 0) is 40.0 Å². The smallest absolute Gasteiger partial charge is 0.140 e. The van der Waals surface area contributed by atoms with Crippen molar-refractivity contribution in [2.45, 2.75) is 40.2 Å². The van der Waals surface area contributed by atoms with Gasteiger partial charge in [0.15, 0.2) is 0 Å². The second-order valence-electron chi connectivity index (χ2n) is 6.83. The minimum absolute atomic E-state index is 0.102. The van der Waals surface area contributed by atoms with Crippen molar-refractivity contribution in [2.75, 3.05) is 5.32 Å². The lowest BCUT2D eigenvalue weighted by Gasteiger charge is -2.24. The number of hydrogen-bond donors (Lipinski definition) is 1. The SMILES string of the molecule is Cc1cnc(NC(CC(=O)C(C)(C)C)c2ccccc2)c(Br)c1. The fourth-order valence-corrected chi connectivity index (χ4v) is 2.81. The molecule has 0 aliphatic carbocycles. The maximum absolute atomic E-state index is 12.5. The number of carbonyl (C=O) groups is 1. The Kier molecular flexibility index (Phi) is 5.58. The van der Waals surface area contributed by atoms with Crippen LogP contribution in [-0.4, -0.2) is 10.8 Å². The van der Waals surface area contributed by atoms with Crippen LogP contribution in [0.3, 0.4) is 0 Å². The van der Waals surface area contributed by atoms with E-state index < -0.39 is 0 Å². The summed E-state index contributed by atoms with van der Waals surface area (Å²) < 4.78 is 0.904. The average Bonchev–Trinajstić information content (AvgIpc) is 2.49. The quantitative estimate of drug-likeness (QED) is 0.770. The molecular weight excluding hydrogens is 352 g/mol. The Labute approximate surface area is 146 Å². The molecule has 0 amide bonds. The molecule has 2 aromatic rings. The van der Waals surface area contributed by atoms with Gasteiger partial charge in [-0.2, -0.15) is 0 Å². The first-order valence-corrected chi connectivity index (χ1v) is 8.53. The number of aryl methyl sites for hydroxylation is 1. The number of nitrogens with zero attached hydrogens (tertiary/aromatic N) is 1. The second kappa shape index (κ2) is 7.26. The van der Waals surface area contributed by atoms with Crippen LogP contribution in [0.25, 0.3) is 0 Å². The highest BCUT2D eigenvalue weighted by Gasteiger charge is 2.26. The van der Waals surface area contributed by atoms with Gasteiger partial charge >= 0.3 is 0 Å². The number of anilines is 1. The minimum atomic E-state index is -0.355. The monoisotopic (exact) mass is 374 g/mol. The first kappa shape index (κ1) is 17.7. The molecule has 0 aliphatic rings. The molecule has 0 bridgehead atoms. The molecule has 0 aliphatic heterocycles. The first-order chi connectivity index (χ1) is 10.8. The van der Waals surface area contributed by atoms with Crippen molar-refractivity contribution in [3.63, 3.8) is 0 Å². The number of benzene rings is 1. The van der Waals surface area contributed by atoms with E-state index in [1.54, 1.807) is 0 Å². The van der Waals surface area contributed by atoms with Crippen molar-refractivity contribution in [3.05, 3.63) is 58.2 Å². The van der Waals surface area contributed by atoms with E-state index in [0.717, 1.165) is 21.4 Å². The summed E-state index contributed by atoms with van der Waals surface area (Å²) in [4.78, 5) is 16.9. The Hall–Kier alpha value is -1.68. The van der Waals surface area contributed by atoms with Crippen LogP contribution in [-0.2, 0) is 4.79 Å². The summed E-state index contributed by atoms with van der Waals surface area (Å²) in [7, 11) is 0. The van der Waals surface area contributed by atoms with Crippen LogP contribution in [0, 0.1) is 12.3 Å². The Morgan fingerprint density at radius 1 is 1.26 bits per heavy atom. The number of halogens is 1. The predicted molar refractivity (Wildman–Crippen MR) is 98.6 cm³/mol. The molecule has 0 spiro atoms. The molecule has 1 atom stereocenters. The van der Waals surface area contributed by atoms with Crippen LogP contribution in [0.5, 0.6) is 0 Å². The number of hydrogen-bond acceptors (Lipinski definition) is 3. The third-order valence-electron chi connectivity index (χ3n) is 3.72. The zero-order valence-corrected chi connectivity index (χ0v) is 15.6. The Balaban J connectivity index is 2.28. The third kappa shape index (κ3) is 4.90. The van der Waals surface area contributed by atoms with Gasteiger partial charge in [-0.25, -0.2) is 4.98 Å². The molecule has 0 radical (unpaired) electrons. The number of rotatable bonds is 5. The third-order valence-corrected chi connectivity index (χ3v) is 4.32. The van der Waals surface area contributed by atoms with Gasteiger partial charge in [-0.3, -0.25) is 4.79 Å². The number of Topliss-reactive ketones (excluding diaryl/α,β-unsaturated/α-hetero) is 1. The van der Waals surface area contributed by atoms with Crippen LogP contribution in [0.2, 0.25) is 0 Å². The largest absolute Gasteiger partial charge is 0.362 e. The second-order valence-corrected chi connectivity index (χ2v) is 7.68. The van der Waals surface area contributed by atoms with Gasteiger partial charge in [0.2, 0.25) is 0 Å². The Bertz CT molecular complexity index is 678. The molecule has 0 fully saturated rings. The van der Waals surface area contributed by atoms with Gasteiger partial charge < -0.3 is 5.32 Å². The lowest BCUT2D eigenvalue weighted by Crippen LogP contribution is -2.25. The standard InChI is InChI=1S/C19H23BrN2O/c1-13-10-15(20)18(21-12-13)22-16(11-17(23)19(2,3)4)14-8-6-5-7-9-14/h5-10,12,16H,11H2,1-4H3,(H,21,22). The van der Waals surface area contributed by atoms with Crippen molar-refractivity contribution in [1.82, 2.24) is 4.98 Å². The lowest BCUT2D eigenvalue weighted by atomic mass is 9.85. The van der Waals surface area contributed by atoms with Gasteiger partial charge in [-0.15, -0.1) is 0 Å². The van der Waals surface area contributed by atoms with Crippen molar-refractivity contribution < 1.29 is 4.79 Å². The number of aromatic nitrogens is 1. The van der Waals surface area contributed by atoms with E-state index in [2.05, 4.69) is 26.2 Å². The maximum Gasteiger partial charge on any atom is 0.140 e. The highest BCUT2D eigenvalue weighted by atomic mass is 79.9. The van der Waals surface area contributed by atoms with Crippen molar-refractivity contribution in [3.8, 4) is 0 Å². The van der Waals surface area contributed by atoms with E-state index >= 15 is 0 Å². The zero-order valence-electron chi connectivity index (χ0n) is 14.1. The molecule has 23 heavy (non-hydrogen) atoms. The Morgan fingerprint density at radius 2 is 1.91 bits per heavy atom. The zero-order chi connectivity index (χ0) is 17.0. The maximum atomic E-state index is 12.5. The van der Waals surface area contributed by atoms with Crippen LogP contribution >= 0.6 is 15.9 Å². The summed E-state index contributed by atoms with van der Waals surface area (Å²) in [6.45, 7) is 7.87. The molecule has 1 unspecified atom stereocenters. The Morgan fingerprint density at radius 3 is 2.48 bits per heavy atom. The molecule has 122 valence electrons. The summed E-state index contributed by atoms with van der Waals surface area (Å²) in [5.41, 5.74) is 1.82. The van der Waals surface area contributed by atoms with Crippen LogP contribution in [0.1, 0.15) is 44.4 Å². The average molecular weight is 375 g/mol. The molecule has 4 heteroatoms. The van der Waals surface area contributed by atoms with Crippen molar-refractivity contribution >= 4 is 27.5 Å². The lowest BCUT2D eigenvalue weighted by molar-refractivity contribution is -0.126. The van der Waals surface area contributed by atoms with Gasteiger partial charge in [-0.1, -0.05) is 51.1 Å². The van der Waals surface area contributed by atoms with Crippen molar-refractivity contribution in [2.24, 2.45) is 5.41 Å². The van der Waals surface area contributed by atoms with Gasteiger partial charge in [0.1, 0.15) is 11.6 Å². The summed E-state index contributed by atoms with van der Waals surface area (Å²) in [5, 5.41) is 3.41. The molecule has 3 nitrogen and oxygen atoms in total. The van der Waals surface area contributed by atoms with E-state index in [9.17, 15) is 4.79 Å². The summed E-state index contributed by atoms with van der Waals surface area (Å²) >= 11 is 3.54. The highest BCUT2D eigenvalue weighted by molar-refractivity contribution is 9.10. The van der Waals surface area contributed by atoms with Crippen LogP contribution < -0.4 is 5.32 Å². The minimum Gasteiger partial charge on any atom is -0.362 e. The molecule has 0 saturated carbocycles. The molecule has 0 saturated heterocycles. The van der Waals surface area contributed by atoms with E-state index in [-0.39, 0.29) is 17.2 Å². The van der Waals surface area contributed by atoms with Crippen LogP contribution in [0.15, 0.2) is 47.1 Å². The number of pyridine rings is 1. The normalized spacial score (nSPS) is 12.7. The molecule has 1 aromatic carbocycles. The van der Waals surface area contributed by atoms with E-state index in [4.69, 9.17) is 0 Å². The summed E-state index contributed by atoms with van der Waals surface area (Å²) in [5.74, 6) is 0.980. The molecule has 1 aromatic heterocycles. The molecule has 2 rings (SSSR count). The van der Waals surface area contributed by atoms with E-state index in [1.807, 2.05) is 70.3 Å². The number of nitrogens with one attached hydrogen (secondary N) is 1. The van der Waals surface area contributed by atoms with Gasteiger partial charge in [0.25, 0.3) is 0 Å².